The van der Waals surface area contributed by atoms with E-state index in [1.807, 2.05) is 6.07 Å². The summed E-state index contributed by atoms with van der Waals surface area (Å²) < 4.78 is 5.62. The van der Waals surface area contributed by atoms with E-state index in [1.165, 1.54) is 0 Å². The van der Waals surface area contributed by atoms with Crippen LogP contribution < -0.4 is 0 Å². The molecule has 0 unspecified atom stereocenters. The van der Waals surface area contributed by atoms with E-state index in [2.05, 4.69) is 17.7 Å². The van der Waals surface area contributed by atoms with E-state index in [0.29, 0.717) is 11.3 Å². The van der Waals surface area contributed by atoms with Crippen LogP contribution in [0.3, 0.4) is 0 Å². The maximum atomic E-state index is 12.6. The molecular weight excluding hydrogens is 328 g/mol. The van der Waals surface area contributed by atoms with Crippen molar-refractivity contribution in [1.29, 1.82) is 0 Å². The van der Waals surface area contributed by atoms with Crippen molar-refractivity contribution in [2.24, 2.45) is 0 Å². The SMILES string of the molecule is C#CC1=C(N2CCC(C)(OC)CC2)c2nc(C(C)(C)O)ccc2CC1=O. The van der Waals surface area contributed by atoms with Crippen molar-refractivity contribution in [3.05, 3.63) is 34.7 Å². The number of Topliss-reactive ketones (excluding diaryl/α,β-unsaturated/α-hetero) is 1. The van der Waals surface area contributed by atoms with Gasteiger partial charge in [-0.05, 0) is 45.2 Å². The first kappa shape index (κ1) is 18.6. The Morgan fingerprint density at radius 1 is 1.35 bits per heavy atom. The number of hydrogen-bond acceptors (Lipinski definition) is 5. The fourth-order valence-electron chi connectivity index (χ4n) is 3.55. The molecule has 1 fully saturated rings. The molecule has 1 N–H and O–H groups in total. The minimum absolute atomic E-state index is 0.0483. The Labute approximate surface area is 155 Å². The molecule has 138 valence electrons. The van der Waals surface area contributed by atoms with Crippen molar-refractivity contribution < 1.29 is 14.6 Å². The van der Waals surface area contributed by atoms with E-state index in [-0.39, 0.29) is 17.8 Å². The lowest BCUT2D eigenvalue weighted by molar-refractivity contribution is -0.114. The molecule has 1 aromatic rings. The van der Waals surface area contributed by atoms with E-state index in [0.717, 1.165) is 42.9 Å². The molecule has 0 radical (unpaired) electrons. The lowest BCUT2D eigenvalue weighted by atomic mass is 9.87. The predicted octanol–water partition coefficient (Wildman–Crippen LogP) is 2.28. The van der Waals surface area contributed by atoms with Crippen LogP contribution in [0.4, 0.5) is 0 Å². The van der Waals surface area contributed by atoms with Gasteiger partial charge < -0.3 is 14.7 Å². The number of pyridine rings is 1. The molecule has 0 aromatic carbocycles. The molecule has 0 spiro atoms. The van der Waals surface area contributed by atoms with Gasteiger partial charge in [-0.3, -0.25) is 4.79 Å². The quantitative estimate of drug-likeness (QED) is 0.844. The van der Waals surface area contributed by atoms with Crippen LogP contribution in [0.5, 0.6) is 0 Å². The van der Waals surface area contributed by atoms with Gasteiger partial charge in [-0.25, -0.2) is 4.98 Å². The first-order valence-electron chi connectivity index (χ1n) is 8.96. The van der Waals surface area contributed by atoms with Crippen LogP contribution in [0.2, 0.25) is 0 Å². The van der Waals surface area contributed by atoms with Crippen molar-refractivity contribution in [2.75, 3.05) is 20.2 Å². The summed E-state index contributed by atoms with van der Waals surface area (Å²) in [7, 11) is 1.73. The maximum absolute atomic E-state index is 12.6. The minimum Gasteiger partial charge on any atom is -0.384 e. The van der Waals surface area contributed by atoms with Gasteiger partial charge in [-0.15, -0.1) is 6.42 Å². The van der Waals surface area contributed by atoms with E-state index >= 15 is 0 Å². The molecule has 1 aliphatic carbocycles. The number of aliphatic hydroxyl groups is 1. The summed E-state index contributed by atoms with van der Waals surface area (Å²) >= 11 is 0. The zero-order valence-corrected chi connectivity index (χ0v) is 15.9. The highest BCUT2D eigenvalue weighted by Crippen LogP contribution is 2.36. The second-order valence-corrected chi connectivity index (χ2v) is 7.87. The molecule has 1 saturated heterocycles. The highest BCUT2D eigenvalue weighted by molar-refractivity contribution is 6.09. The molecule has 1 aliphatic heterocycles. The van der Waals surface area contributed by atoms with E-state index in [1.54, 1.807) is 27.0 Å². The zero-order valence-electron chi connectivity index (χ0n) is 15.9. The van der Waals surface area contributed by atoms with E-state index < -0.39 is 5.60 Å². The second-order valence-electron chi connectivity index (χ2n) is 7.87. The van der Waals surface area contributed by atoms with Crippen LogP contribution in [0.25, 0.3) is 5.70 Å². The molecule has 1 aromatic heterocycles. The monoisotopic (exact) mass is 354 g/mol. The number of nitrogens with zero attached hydrogens (tertiary/aromatic N) is 2. The summed E-state index contributed by atoms with van der Waals surface area (Å²) in [6, 6.07) is 3.66. The second kappa shape index (κ2) is 6.53. The average Bonchev–Trinajstić information content (AvgIpc) is 2.60. The molecule has 5 heteroatoms. The van der Waals surface area contributed by atoms with Crippen molar-refractivity contribution in [3.8, 4) is 12.3 Å². The number of ether oxygens (including phenoxy) is 1. The molecule has 5 nitrogen and oxygen atoms in total. The molecule has 0 amide bonds. The lowest BCUT2D eigenvalue weighted by Gasteiger charge is -2.41. The van der Waals surface area contributed by atoms with Crippen molar-refractivity contribution in [1.82, 2.24) is 9.88 Å². The van der Waals surface area contributed by atoms with Gasteiger partial charge in [0.25, 0.3) is 0 Å². The highest BCUT2D eigenvalue weighted by atomic mass is 16.5. The summed E-state index contributed by atoms with van der Waals surface area (Å²) in [5.74, 6) is 2.54. The standard InChI is InChI=1S/C21H26N2O3/c1-6-15-16(24)13-14-7-8-17(20(2,3)25)22-18(14)19(15)23-11-9-21(4,26-5)10-12-23/h1,7-8,25H,9-13H2,2-5H3. The third-order valence-electron chi connectivity index (χ3n) is 5.47. The van der Waals surface area contributed by atoms with Crippen molar-refractivity contribution in [3.63, 3.8) is 0 Å². The lowest BCUT2D eigenvalue weighted by Crippen LogP contribution is -2.44. The van der Waals surface area contributed by atoms with Crippen LogP contribution in [0.15, 0.2) is 17.7 Å². The van der Waals surface area contributed by atoms with Gasteiger partial charge in [0.05, 0.1) is 28.3 Å². The molecule has 3 rings (SSSR count). The molecular formula is C21H26N2O3. The molecule has 2 heterocycles. The number of ketones is 1. The fourth-order valence-corrected chi connectivity index (χ4v) is 3.55. The minimum atomic E-state index is -1.06. The largest absolute Gasteiger partial charge is 0.384 e. The van der Waals surface area contributed by atoms with Gasteiger partial charge in [0.2, 0.25) is 0 Å². The number of terminal acetylenes is 1. The van der Waals surface area contributed by atoms with Crippen LogP contribution in [0.1, 0.15) is 50.6 Å². The Morgan fingerprint density at radius 3 is 2.54 bits per heavy atom. The number of rotatable bonds is 3. The highest BCUT2D eigenvalue weighted by Gasteiger charge is 2.36. The summed E-state index contributed by atoms with van der Waals surface area (Å²) in [6.45, 7) is 6.99. The van der Waals surface area contributed by atoms with Gasteiger partial charge >= 0.3 is 0 Å². The Kier molecular flexibility index (Phi) is 4.68. The van der Waals surface area contributed by atoms with Crippen molar-refractivity contribution in [2.45, 2.75) is 51.2 Å². The fraction of sp³-hybridized carbons (Fsp3) is 0.524. The van der Waals surface area contributed by atoms with Crippen LogP contribution in [0, 0.1) is 12.3 Å². The number of methoxy groups -OCH3 is 1. The summed E-state index contributed by atoms with van der Waals surface area (Å²) in [6.07, 6.45) is 7.64. The van der Waals surface area contributed by atoms with Gasteiger partial charge in [0, 0.05) is 26.6 Å². The Balaban J connectivity index is 2.07. The average molecular weight is 354 g/mol. The first-order chi connectivity index (χ1) is 12.2. The van der Waals surface area contributed by atoms with E-state index in [9.17, 15) is 9.90 Å². The first-order valence-corrected chi connectivity index (χ1v) is 8.96. The van der Waals surface area contributed by atoms with Crippen LogP contribution >= 0.6 is 0 Å². The van der Waals surface area contributed by atoms with Crippen LogP contribution in [-0.2, 0) is 21.6 Å². The third-order valence-corrected chi connectivity index (χ3v) is 5.47. The Bertz CT molecular complexity index is 804. The third kappa shape index (κ3) is 3.27. The molecule has 26 heavy (non-hydrogen) atoms. The van der Waals surface area contributed by atoms with E-state index in [4.69, 9.17) is 16.1 Å². The Hall–Kier alpha value is -2.16. The number of aromatic nitrogens is 1. The number of fused-ring (bicyclic) bond motifs is 1. The number of hydrogen-bond donors (Lipinski definition) is 1. The van der Waals surface area contributed by atoms with Crippen molar-refractivity contribution >= 4 is 11.5 Å². The number of piperidine rings is 1. The van der Waals surface area contributed by atoms with Gasteiger partial charge in [-0.1, -0.05) is 12.0 Å². The maximum Gasteiger partial charge on any atom is 0.177 e. The Morgan fingerprint density at radius 2 is 2.00 bits per heavy atom. The van der Waals surface area contributed by atoms with Gasteiger partial charge in [-0.2, -0.15) is 0 Å². The normalized spacial score (nSPS) is 20.0. The van der Waals surface area contributed by atoms with Crippen LogP contribution in [-0.4, -0.2) is 46.6 Å². The number of allylic oxidation sites excluding steroid dienone is 1. The molecule has 0 saturated carbocycles. The number of carbonyl (C=O) groups is 1. The molecule has 0 bridgehead atoms. The topological polar surface area (TPSA) is 62.7 Å². The summed E-state index contributed by atoms with van der Waals surface area (Å²) in [5, 5.41) is 10.3. The number of carbonyl (C=O) groups excluding carboxylic acids is 1. The molecule has 2 aliphatic rings. The van der Waals surface area contributed by atoms with Gasteiger partial charge in [0.15, 0.2) is 5.78 Å². The number of likely N-dealkylation sites (tertiary alicyclic amines) is 1. The smallest absolute Gasteiger partial charge is 0.177 e. The summed E-state index contributed by atoms with van der Waals surface area (Å²) in [5.41, 5.74) is 2.04. The zero-order chi connectivity index (χ0) is 19.1. The van der Waals surface area contributed by atoms with Gasteiger partial charge in [0.1, 0.15) is 5.60 Å². The summed E-state index contributed by atoms with van der Waals surface area (Å²) in [4.78, 5) is 19.4. The molecule has 0 atom stereocenters. The predicted molar refractivity (Wildman–Crippen MR) is 100 cm³/mol.